The summed E-state index contributed by atoms with van der Waals surface area (Å²) in [5.74, 6) is -2.26. The summed E-state index contributed by atoms with van der Waals surface area (Å²) in [6.45, 7) is 4.78. The van der Waals surface area contributed by atoms with E-state index in [0.29, 0.717) is 23.9 Å². The predicted octanol–water partition coefficient (Wildman–Crippen LogP) is 20.0. The minimum absolute atomic E-state index is 0.149. The van der Waals surface area contributed by atoms with Crippen LogP contribution in [-0.2, 0) is 33.3 Å². The first kappa shape index (κ1) is 78.2. The maximum atomic E-state index is 12.9. The second-order valence-corrected chi connectivity index (χ2v) is 24.8. The molecule has 0 saturated heterocycles. The monoisotopic (exact) mass is 1140 g/mol. The molecule has 81 heavy (non-hydrogen) atoms. The molecule has 0 aliphatic carbocycles. The largest absolute Gasteiger partial charge is 0.545 e. The van der Waals surface area contributed by atoms with E-state index in [2.05, 4.69) is 62.5 Å². The van der Waals surface area contributed by atoms with Gasteiger partial charge in [-0.25, -0.2) is 0 Å². The molecule has 2 unspecified atom stereocenters. The molecule has 9 nitrogen and oxygen atoms in total. The Labute approximate surface area is 502 Å². The van der Waals surface area contributed by atoms with Crippen LogP contribution in [0.4, 0.5) is 0 Å². The molecule has 0 aromatic heterocycles. The average molecular weight is 1140 g/mol. The molecular weight excluding hydrogens is 1010 g/mol. The van der Waals surface area contributed by atoms with Gasteiger partial charge in [-0.15, -0.1) is 0 Å². The quantitative estimate of drug-likeness (QED) is 0.0195. The van der Waals surface area contributed by atoms with Crippen LogP contribution in [0.3, 0.4) is 0 Å². The van der Waals surface area contributed by atoms with Crippen molar-refractivity contribution < 1.29 is 42.9 Å². The molecule has 0 fully saturated rings. The van der Waals surface area contributed by atoms with Crippen LogP contribution in [0.1, 0.15) is 335 Å². The van der Waals surface area contributed by atoms with Gasteiger partial charge in [-0.1, -0.05) is 294 Å². The number of carbonyl (C=O) groups is 3. The van der Waals surface area contributed by atoms with Crippen molar-refractivity contribution in [3.8, 4) is 0 Å². The van der Waals surface area contributed by atoms with E-state index in [4.69, 9.17) is 18.9 Å². The first-order valence-electron chi connectivity index (χ1n) is 34.8. The molecule has 0 bridgehead atoms. The Morgan fingerprint density at radius 3 is 0.975 bits per heavy atom. The van der Waals surface area contributed by atoms with E-state index in [1.807, 2.05) is 21.1 Å². The molecule has 0 N–H and O–H groups in total. The summed E-state index contributed by atoms with van der Waals surface area (Å²) in [4.78, 5) is 37.5. The number of hydrogen-bond acceptors (Lipinski definition) is 8. The van der Waals surface area contributed by atoms with E-state index < -0.39 is 24.3 Å². The molecule has 0 aliphatic heterocycles. The molecule has 9 heteroatoms. The van der Waals surface area contributed by atoms with Gasteiger partial charge in [0.05, 0.1) is 40.3 Å². The highest BCUT2D eigenvalue weighted by molar-refractivity contribution is 5.70. The van der Waals surface area contributed by atoms with E-state index in [-0.39, 0.29) is 32.2 Å². The molecule has 0 radical (unpaired) electrons. The molecule has 0 aliphatic rings. The maximum absolute atomic E-state index is 12.9. The molecule has 0 aromatic carbocycles. The van der Waals surface area contributed by atoms with Gasteiger partial charge in [0, 0.05) is 12.8 Å². The van der Waals surface area contributed by atoms with Crippen LogP contribution in [0.2, 0.25) is 0 Å². The first-order valence-corrected chi connectivity index (χ1v) is 34.8. The fourth-order valence-electron chi connectivity index (χ4n) is 10.2. The third-order valence-corrected chi connectivity index (χ3v) is 15.5. The Bertz CT molecular complexity index is 1470. The summed E-state index contributed by atoms with van der Waals surface area (Å²) in [5, 5.41) is 11.8. The minimum atomic E-state index is -1.62. The summed E-state index contributed by atoms with van der Waals surface area (Å²) < 4.78 is 22.8. The van der Waals surface area contributed by atoms with Crippen molar-refractivity contribution in [1.82, 2.24) is 0 Å². The third-order valence-electron chi connectivity index (χ3n) is 15.5. The SMILES string of the molecule is CCCCCCC/C=C\C/C=C\CCCCCCCCCCCCCCCCCCCC(=O)OC(COC(=O)CCCCCCCCCCCCCCCCC/C=C\C/C=C\CCCCCCC)COC(OCC[N+](C)(C)C)C(=O)[O-]. The van der Waals surface area contributed by atoms with E-state index in [1.54, 1.807) is 0 Å². The van der Waals surface area contributed by atoms with E-state index in [0.717, 1.165) is 44.9 Å². The smallest absolute Gasteiger partial charge is 0.306 e. The maximum Gasteiger partial charge on any atom is 0.306 e. The lowest BCUT2D eigenvalue weighted by Gasteiger charge is -2.26. The van der Waals surface area contributed by atoms with Gasteiger partial charge in [0.1, 0.15) is 13.2 Å². The van der Waals surface area contributed by atoms with Gasteiger partial charge in [0.25, 0.3) is 0 Å². The number of quaternary nitrogens is 1. The Hall–Kier alpha value is -2.75. The molecule has 0 spiro atoms. The number of ether oxygens (including phenoxy) is 4. The number of likely N-dealkylation sites (N-methyl/N-ethyl adjacent to an activating group) is 1. The Morgan fingerprint density at radius 2 is 0.667 bits per heavy atom. The average Bonchev–Trinajstić information content (AvgIpc) is 3.44. The van der Waals surface area contributed by atoms with Crippen molar-refractivity contribution in [2.45, 2.75) is 347 Å². The third kappa shape index (κ3) is 64.7. The van der Waals surface area contributed by atoms with Crippen LogP contribution < -0.4 is 5.11 Å². The van der Waals surface area contributed by atoms with Gasteiger partial charge in [0.15, 0.2) is 12.4 Å². The molecular formula is C72H133NO8. The molecule has 0 heterocycles. The highest BCUT2D eigenvalue weighted by Gasteiger charge is 2.22. The zero-order valence-electron chi connectivity index (χ0n) is 54.2. The lowest BCUT2D eigenvalue weighted by Crippen LogP contribution is -2.44. The number of carboxylic acids is 1. The standard InChI is InChI=1S/C72H133NO8/c1-6-8-10-12-14-16-18-20-22-24-26-28-30-32-34-35-37-39-41-43-45-47-49-51-53-55-57-59-61-63-70(75)81-68(67-80-72(71(76)77)78-65-64-73(3,4)5)66-79-69(74)62-60-58-56-54-52-50-48-46-44-42-40-38-36-33-31-29-27-25-23-21-19-17-15-13-11-9-7-2/h18-21,24-27,68,72H,6-17,22-23,28-67H2,1-5H3/b20-18-,21-19-,26-24-,27-25-. The highest BCUT2D eigenvalue weighted by atomic mass is 16.7. The fraction of sp³-hybridized carbons (Fsp3) is 0.847. The number of esters is 2. The number of carboxylic acid groups (broad SMARTS) is 1. The summed E-state index contributed by atoms with van der Waals surface area (Å²) in [7, 11) is 5.94. The van der Waals surface area contributed by atoms with Crippen LogP contribution in [0.25, 0.3) is 0 Å². The second kappa shape index (κ2) is 63.3. The number of unbranched alkanes of at least 4 members (excludes halogenated alkanes) is 42. The molecule has 0 amide bonds. The van der Waals surface area contributed by atoms with Crippen LogP contribution in [-0.4, -0.2) is 82.3 Å². The van der Waals surface area contributed by atoms with Crippen LogP contribution in [0.15, 0.2) is 48.6 Å². The van der Waals surface area contributed by atoms with Crippen molar-refractivity contribution in [2.24, 2.45) is 0 Å². The second-order valence-electron chi connectivity index (χ2n) is 24.8. The van der Waals surface area contributed by atoms with Gasteiger partial charge in [-0.2, -0.15) is 0 Å². The fourth-order valence-corrected chi connectivity index (χ4v) is 10.2. The van der Waals surface area contributed by atoms with Crippen LogP contribution in [0.5, 0.6) is 0 Å². The molecule has 2 atom stereocenters. The minimum Gasteiger partial charge on any atom is -0.545 e. The molecule has 0 rings (SSSR count). The highest BCUT2D eigenvalue weighted by Crippen LogP contribution is 2.18. The molecule has 0 saturated carbocycles. The first-order chi connectivity index (χ1) is 39.6. The van der Waals surface area contributed by atoms with Crippen molar-refractivity contribution in [2.75, 3.05) is 47.5 Å². The van der Waals surface area contributed by atoms with Gasteiger partial charge in [-0.05, 0) is 77.0 Å². The molecule has 474 valence electrons. The number of rotatable bonds is 65. The Balaban J connectivity index is 4.09. The van der Waals surface area contributed by atoms with Crippen molar-refractivity contribution in [3.63, 3.8) is 0 Å². The summed E-state index contributed by atoms with van der Waals surface area (Å²) in [6.07, 6.45) is 77.6. The normalized spacial score (nSPS) is 13.0. The number of nitrogens with zero attached hydrogens (tertiary/aromatic N) is 1. The van der Waals surface area contributed by atoms with Gasteiger partial charge in [0.2, 0.25) is 0 Å². The van der Waals surface area contributed by atoms with E-state index in [9.17, 15) is 19.5 Å². The molecule has 0 aromatic rings. The van der Waals surface area contributed by atoms with E-state index >= 15 is 0 Å². The predicted molar refractivity (Wildman–Crippen MR) is 343 cm³/mol. The topological polar surface area (TPSA) is 111 Å². The Kier molecular flexibility index (Phi) is 61.1. The summed E-state index contributed by atoms with van der Waals surface area (Å²) in [5.41, 5.74) is 0. The number of allylic oxidation sites excluding steroid dienone is 8. The van der Waals surface area contributed by atoms with Crippen molar-refractivity contribution in [1.29, 1.82) is 0 Å². The van der Waals surface area contributed by atoms with Crippen LogP contribution in [0, 0.1) is 0 Å². The van der Waals surface area contributed by atoms with Gasteiger partial charge < -0.3 is 33.3 Å². The zero-order chi connectivity index (χ0) is 59.1. The Morgan fingerprint density at radius 1 is 0.370 bits per heavy atom. The van der Waals surface area contributed by atoms with Crippen LogP contribution >= 0.6 is 0 Å². The number of aliphatic carboxylic acids is 1. The van der Waals surface area contributed by atoms with Crippen molar-refractivity contribution in [3.05, 3.63) is 48.6 Å². The lowest BCUT2D eigenvalue weighted by atomic mass is 10.0. The number of carbonyl (C=O) groups excluding carboxylic acids is 3. The van der Waals surface area contributed by atoms with E-state index in [1.165, 1.54) is 257 Å². The number of hydrogen-bond donors (Lipinski definition) is 0. The van der Waals surface area contributed by atoms with Crippen molar-refractivity contribution >= 4 is 17.9 Å². The summed E-state index contributed by atoms with van der Waals surface area (Å²) >= 11 is 0. The summed E-state index contributed by atoms with van der Waals surface area (Å²) in [6, 6.07) is 0. The zero-order valence-corrected chi connectivity index (χ0v) is 54.2. The van der Waals surface area contributed by atoms with Gasteiger partial charge in [-0.3, -0.25) is 9.59 Å². The lowest BCUT2D eigenvalue weighted by molar-refractivity contribution is -0.870. The van der Waals surface area contributed by atoms with Gasteiger partial charge >= 0.3 is 11.9 Å².